The number of piperazine rings is 1. The number of carbonyl (C=O) groups excluding carboxylic acids is 1. The van der Waals surface area contributed by atoms with Gasteiger partial charge in [-0.2, -0.15) is 17.0 Å². The van der Waals surface area contributed by atoms with Gasteiger partial charge in [-0.05, 0) is 24.8 Å². The maximum atomic E-state index is 12.3. The van der Waals surface area contributed by atoms with Gasteiger partial charge in [0, 0.05) is 46.7 Å². The van der Waals surface area contributed by atoms with Gasteiger partial charge in [-0.15, -0.1) is 0 Å². The van der Waals surface area contributed by atoms with Crippen molar-refractivity contribution in [2.24, 2.45) is 11.1 Å². The first-order valence-corrected chi connectivity index (χ1v) is 8.86. The van der Waals surface area contributed by atoms with Crippen molar-refractivity contribution in [1.29, 1.82) is 0 Å². The van der Waals surface area contributed by atoms with E-state index in [1.807, 2.05) is 0 Å². The minimum Gasteiger partial charge on any atom is -0.340 e. The van der Waals surface area contributed by atoms with E-state index in [-0.39, 0.29) is 11.3 Å². The van der Waals surface area contributed by atoms with E-state index in [1.165, 1.54) is 22.7 Å². The molecule has 1 saturated heterocycles. The Morgan fingerprint density at radius 1 is 1.19 bits per heavy atom. The molecule has 0 atom stereocenters. The SMILES string of the molecule is CN(C)S(=O)(=O)N1CCN(C(=O)CC2(CN)CCC2)CC1. The molecule has 2 fully saturated rings. The van der Waals surface area contributed by atoms with Crippen LogP contribution in [0.2, 0.25) is 0 Å². The number of hydrogen-bond donors (Lipinski definition) is 1. The van der Waals surface area contributed by atoms with Gasteiger partial charge in [0.25, 0.3) is 10.2 Å². The molecule has 21 heavy (non-hydrogen) atoms. The van der Waals surface area contributed by atoms with E-state index in [2.05, 4.69) is 0 Å². The molecule has 2 rings (SSSR count). The summed E-state index contributed by atoms with van der Waals surface area (Å²) < 4.78 is 26.7. The lowest BCUT2D eigenvalue weighted by Gasteiger charge is -2.42. The molecule has 8 heteroatoms. The van der Waals surface area contributed by atoms with Gasteiger partial charge in [-0.3, -0.25) is 4.79 Å². The first kappa shape index (κ1) is 16.7. The van der Waals surface area contributed by atoms with Crippen molar-refractivity contribution in [3.63, 3.8) is 0 Å². The van der Waals surface area contributed by atoms with Gasteiger partial charge in [0.15, 0.2) is 0 Å². The van der Waals surface area contributed by atoms with Crippen LogP contribution >= 0.6 is 0 Å². The van der Waals surface area contributed by atoms with Crippen LogP contribution in [0.15, 0.2) is 0 Å². The van der Waals surface area contributed by atoms with Crippen LogP contribution in [-0.4, -0.2) is 74.7 Å². The Hall–Kier alpha value is -0.700. The molecule has 1 aliphatic carbocycles. The van der Waals surface area contributed by atoms with Crippen molar-refractivity contribution >= 4 is 16.1 Å². The van der Waals surface area contributed by atoms with Gasteiger partial charge in [0.2, 0.25) is 5.91 Å². The summed E-state index contributed by atoms with van der Waals surface area (Å²) in [6, 6.07) is 0. The highest BCUT2D eigenvalue weighted by Crippen LogP contribution is 2.43. The van der Waals surface area contributed by atoms with E-state index in [0.29, 0.717) is 39.1 Å². The molecule has 7 nitrogen and oxygen atoms in total. The number of nitrogens with two attached hydrogens (primary N) is 1. The fraction of sp³-hybridized carbons (Fsp3) is 0.923. The second-order valence-corrected chi connectivity index (χ2v) is 8.45. The zero-order valence-corrected chi connectivity index (χ0v) is 13.7. The Bertz CT molecular complexity index is 474. The molecule has 0 bridgehead atoms. The first-order valence-electron chi connectivity index (χ1n) is 7.46. The third kappa shape index (κ3) is 3.39. The highest BCUT2D eigenvalue weighted by Gasteiger charge is 2.39. The summed E-state index contributed by atoms with van der Waals surface area (Å²) in [6.45, 7) is 2.22. The van der Waals surface area contributed by atoms with Crippen molar-refractivity contribution in [3.05, 3.63) is 0 Å². The van der Waals surface area contributed by atoms with Crippen LogP contribution in [0.5, 0.6) is 0 Å². The summed E-state index contributed by atoms with van der Waals surface area (Å²) in [6.07, 6.45) is 3.72. The molecule has 0 spiro atoms. The summed E-state index contributed by atoms with van der Waals surface area (Å²) in [5.74, 6) is 0.113. The van der Waals surface area contributed by atoms with E-state index in [0.717, 1.165) is 19.3 Å². The normalized spacial score (nSPS) is 23.1. The van der Waals surface area contributed by atoms with E-state index in [4.69, 9.17) is 5.73 Å². The standard InChI is InChI=1S/C13H26N4O3S/c1-15(2)21(19,20)17-8-6-16(7-9-17)12(18)10-13(11-14)4-3-5-13/h3-11,14H2,1-2H3. The first-order chi connectivity index (χ1) is 9.81. The quantitative estimate of drug-likeness (QED) is 0.737. The number of rotatable bonds is 5. The van der Waals surface area contributed by atoms with Crippen LogP contribution in [0.3, 0.4) is 0 Å². The average Bonchev–Trinajstić information content (AvgIpc) is 2.42. The Kier molecular flexibility index (Phi) is 4.92. The predicted octanol–water partition coefficient (Wildman–Crippen LogP) is -0.544. The van der Waals surface area contributed by atoms with Crippen molar-refractivity contribution in [1.82, 2.24) is 13.5 Å². The Labute approximate surface area is 127 Å². The van der Waals surface area contributed by atoms with Crippen LogP contribution in [0.4, 0.5) is 0 Å². The van der Waals surface area contributed by atoms with Crippen LogP contribution < -0.4 is 5.73 Å². The molecule has 2 N–H and O–H groups in total. The maximum Gasteiger partial charge on any atom is 0.281 e. The summed E-state index contributed by atoms with van der Waals surface area (Å²) in [5.41, 5.74) is 5.80. The third-order valence-electron chi connectivity index (χ3n) is 4.75. The van der Waals surface area contributed by atoms with Gasteiger partial charge in [-0.25, -0.2) is 0 Å². The largest absolute Gasteiger partial charge is 0.340 e. The smallest absolute Gasteiger partial charge is 0.281 e. The van der Waals surface area contributed by atoms with Crippen LogP contribution in [-0.2, 0) is 15.0 Å². The second-order valence-electron chi connectivity index (χ2n) is 6.30. The van der Waals surface area contributed by atoms with E-state index < -0.39 is 10.2 Å². The summed E-state index contributed by atoms with van der Waals surface area (Å²) in [7, 11) is -0.329. The van der Waals surface area contributed by atoms with Gasteiger partial charge >= 0.3 is 0 Å². The molecule has 2 aliphatic rings. The van der Waals surface area contributed by atoms with Gasteiger partial charge < -0.3 is 10.6 Å². The Morgan fingerprint density at radius 3 is 2.14 bits per heavy atom. The monoisotopic (exact) mass is 318 g/mol. The van der Waals surface area contributed by atoms with Crippen molar-refractivity contribution in [3.8, 4) is 0 Å². The zero-order valence-electron chi connectivity index (χ0n) is 12.9. The van der Waals surface area contributed by atoms with E-state index >= 15 is 0 Å². The molecule has 1 heterocycles. The van der Waals surface area contributed by atoms with E-state index in [9.17, 15) is 13.2 Å². The van der Waals surface area contributed by atoms with Gasteiger partial charge in [-0.1, -0.05) is 6.42 Å². The molecule has 0 radical (unpaired) electrons. The summed E-state index contributed by atoms with van der Waals surface area (Å²) >= 11 is 0. The van der Waals surface area contributed by atoms with Crippen LogP contribution in [0.1, 0.15) is 25.7 Å². The number of amides is 1. The highest BCUT2D eigenvalue weighted by molar-refractivity contribution is 7.86. The average molecular weight is 318 g/mol. The van der Waals surface area contributed by atoms with Crippen LogP contribution in [0.25, 0.3) is 0 Å². The molecule has 0 aromatic rings. The topological polar surface area (TPSA) is 87.0 Å². The fourth-order valence-corrected chi connectivity index (χ4v) is 4.05. The predicted molar refractivity (Wildman–Crippen MR) is 80.7 cm³/mol. The lowest BCUT2D eigenvalue weighted by Crippen LogP contribution is -2.54. The van der Waals surface area contributed by atoms with Crippen molar-refractivity contribution < 1.29 is 13.2 Å². The third-order valence-corrected chi connectivity index (χ3v) is 6.69. The fourth-order valence-electron chi connectivity index (χ4n) is 2.96. The number of carbonyl (C=O) groups is 1. The number of hydrogen-bond acceptors (Lipinski definition) is 4. The molecule has 0 aromatic heterocycles. The summed E-state index contributed by atoms with van der Waals surface area (Å²) in [4.78, 5) is 14.1. The highest BCUT2D eigenvalue weighted by atomic mass is 32.2. The zero-order chi connectivity index (χ0) is 15.7. The molecule has 0 aromatic carbocycles. The molecular weight excluding hydrogens is 292 g/mol. The second kappa shape index (κ2) is 6.20. The molecule has 122 valence electrons. The summed E-state index contributed by atoms with van der Waals surface area (Å²) in [5, 5.41) is 0. The Morgan fingerprint density at radius 2 is 1.76 bits per heavy atom. The molecule has 1 amide bonds. The van der Waals surface area contributed by atoms with Gasteiger partial charge in [0.1, 0.15) is 0 Å². The lowest BCUT2D eigenvalue weighted by atomic mass is 9.66. The Balaban J connectivity index is 1.88. The molecule has 1 aliphatic heterocycles. The van der Waals surface area contributed by atoms with E-state index in [1.54, 1.807) is 4.90 Å². The van der Waals surface area contributed by atoms with Crippen molar-refractivity contribution in [2.45, 2.75) is 25.7 Å². The van der Waals surface area contributed by atoms with Crippen molar-refractivity contribution in [2.75, 3.05) is 46.8 Å². The minimum atomic E-state index is -3.37. The van der Waals surface area contributed by atoms with Crippen LogP contribution in [0, 0.1) is 5.41 Å². The minimum absolute atomic E-state index is 0.00390. The van der Waals surface area contributed by atoms with Gasteiger partial charge in [0.05, 0.1) is 0 Å². The number of nitrogens with zero attached hydrogens (tertiary/aromatic N) is 3. The molecule has 0 unspecified atom stereocenters. The lowest BCUT2D eigenvalue weighted by molar-refractivity contribution is -0.136. The molecule has 1 saturated carbocycles. The maximum absolute atomic E-state index is 12.3. The molecular formula is C13H26N4O3S.